The smallest absolute Gasteiger partial charge is 0.129 e. The standard InChI is InChI=1S/C15H21N3O/c1-9(2)11-7-12(10(3)6-14(11)19-5)13-8-17-18(4)15(13)16/h6-9H,16H2,1-5H3. The van der Waals surface area contributed by atoms with Crippen molar-refractivity contribution in [2.45, 2.75) is 26.7 Å². The minimum absolute atomic E-state index is 0.396. The van der Waals surface area contributed by atoms with Gasteiger partial charge in [-0.15, -0.1) is 0 Å². The highest BCUT2D eigenvalue weighted by Gasteiger charge is 2.15. The van der Waals surface area contributed by atoms with Crippen LogP contribution in [0.3, 0.4) is 0 Å². The molecule has 0 saturated carbocycles. The van der Waals surface area contributed by atoms with E-state index in [2.05, 4.69) is 38.0 Å². The van der Waals surface area contributed by atoms with Crippen molar-refractivity contribution >= 4 is 5.82 Å². The summed E-state index contributed by atoms with van der Waals surface area (Å²) in [7, 11) is 3.56. The largest absolute Gasteiger partial charge is 0.496 e. The number of rotatable bonds is 3. The molecule has 2 N–H and O–H groups in total. The molecule has 2 aromatic rings. The molecule has 19 heavy (non-hydrogen) atoms. The van der Waals surface area contributed by atoms with Crippen LogP contribution < -0.4 is 10.5 Å². The average molecular weight is 259 g/mol. The number of benzene rings is 1. The first-order valence-corrected chi connectivity index (χ1v) is 6.42. The molecule has 0 fully saturated rings. The van der Waals surface area contributed by atoms with Crippen molar-refractivity contribution in [2.24, 2.45) is 7.05 Å². The van der Waals surface area contributed by atoms with E-state index in [1.165, 1.54) is 5.56 Å². The normalized spacial score (nSPS) is 11.1. The fourth-order valence-corrected chi connectivity index (χ4v) is 2.27. The first-order chi connectivity index (χ1) is 8.95. The molecule has 0 spiro atoms. The Hall–Kier alpha value is -1.97. The van der Waals surface area contributed by atoms with Gasteiger partial charge in [-0.25, -0.2) is 0 Å². The van der Waals surface area contributed by atoms with E-state index in [0.717, 1.165) is 22.4 Å². The fraction of sp³-hybridized carbons (Fsp3) is 0.400. The summed E-state index contributed by atoms with van der Waals surface area (Å²) in [6.07, 6.45) is 1.81. The van der Waals surface area contributed by atoms with Crippen LogP contribution in [0, 0.1) is 6.92 Å². The van der Waals surface area contributed by atoms with E-state index >= 15 is 0 Å². The molecule has 102 valence electrons. The molecule has 0 atom stereocenters. The Bertz CT molecular complexity index is 600. The summed E-state index contributed by atoms with van der Waals surface area (Å²) in [4.78, 5) is 0. The minimum atomic E-state index is 0.396. The number of hydrogen-bond acceptors (Lipinski definition) is 3. The van der Waals surface area contributed by atoms with Gasteiger partial charge in [-0.3, -0.25) is 4.68 Å². The third-order valence-electron chi connectivity index (χ3n) is 3.47. The molecule has 1 heterocycles. The molecule has 0 unspecified atom stereocenters. The zero-order valence-corrected chi connectivity index (χ0v) is 12.2. The van der Waals surface area contributed by atoms with E-state index in [4.69, 9.17) is 10.5 Å². The lowest BCUT2D eigenvalue weighted by molar-refractivity contribution is 0.407. The maximum absolute atomic E-state index is 6.07. The quantitative estimate of drug-likeness (QED) is 0.921. The monoisotopic (exact) mass is 259 g/mol. The van der Waals surface area contributed by atoms with Gasteiger partial charge in [0, 0.05) is 12.6 Å². The predicted molar refractivity (Wildman–Crippen MR) is 78.4 cm³/mol. The second-order valence-electron chi connectivity index (χ2n) is 5.13. The molecule has 0 amide bonds. The Kier molecular flexibility index (Phi) is 3.51. The molecular weight excluding hydrogens is 238 g/mol. The topological polar surface area (TPSA) is 53.1 Å². The van der Waals surface area contributed by atoms with Crippen molar-refractivity contribution in [3.8, 4) is 16.9 Å². The number of nitrogens with two attached hydrogens (primary N) is 1. The Morgan fingerprint density at radius 1 is 1.26 bits per heavy atom. The molecule has 4 nitrogen and oxygen atoms in total. The fourth-order valence-electron chi connectivity index (χ4n) is 2.27. The summed E-state index contributed by atoms with van der Waals surface area (Å²) in [6, 6.07) is 4.23. The molecule has 1 aromatic heterocycles. The van der Waals surface area contributed by atoms with Crippen molar-refractivity contribution in [3.63, 3.8) is 0 Å². The van der Waals surface area contributed by atoms with Gasteiger partial charge in [-0.1, -0.05) is 13.8 Å². The number of hydrogen-bond donors (Lipinski definition) is 1. The molecule has 0 aliphatic carbocycles. The molecule has 0 saturated heterocycles. The number of nitrogen functional groups attached to an aromatic ring is 1. The summed E-state index contributed by atoms with van der Waals surface area (Å²) in [6.45, 7) is 6.38. The van der Waals surface area contributed by atoms with E-state index < -0.39 is 0 Å². The highest BCUT2D eigenvalue weighted by molar-refractivity contribution is 5.77. The maximum Gasteiger partial charge on any atom is 0.129 e. The molecule has 2 rings (SSSR count). The van der Waals surface area contributed by atoms with Gasteiger partial charge in [0.05, 0.1) is 13.3 Å². The molecule has 1 aromatic carbocycles. The molecule has 0 aliphatic rings. The van der Waals surface area contributed by atoms with Crippen LogP contribution in [0.15, 0.2) is 18.3 Å². The third kappa shape index (κ3) is 2.30. The van der Waals surface area contributed by atoms with Gasteiger partial charge in [0.1, 0.15) is 11.6 Å². The van der Waals surface area contributed by atoms with Gasteiger partial charge in [-0.2, -0.15) is 5.10 Å². The molecule has 0 aliphatic heterocycles. The van der Waals surface area contributed by atoms with Crippen LogP contribution in [0.1, 0.15) is 30.9 Å². The van der Waals surface area contributed by atoms with E-state index in [9.17, 15) is 0 Å². The van der Waals surface area contributed by atoms with Crippen LogP contribution >= 0.6 is 0 Å². The molecular formula is C15H21N3O. The van der Waals surface area contributed by atoms with E-state index in [1.54, 1.807) is 11.8 Å². The second-order valence-corrected chi connectivity index (χ2v) is 5.13. The zero-order chi connectivity index (χ0) is 14.2. The van der Waals surface area contributed by atoms with Crippen LogP contribution in [0.2, 0.25) is 0 Å². The second kappa shape index (κ2) is 4.96. The van der Waals surface area contributed by atoms with Crippen molar-refractivity contribution < 1.29 is 4.74 Å². The van der Waals surface area contributed by atoms with Crippen LogP contribution in [0.25, 0.3) is 11.1 Å². The van der Waals surface area contributed by atoms with Crippen molar-refractivity contribution in [3.05, 3.63) is 29.5 Å². The summed E-state index contributed by atoms with van der Waals surface area (Å²) >= 11 is 0. The zero-order valence-electron chi connectivity index (χ0n) is 12.2. The van der Waals surface area contributed by atoms with E-state index in [0.29, 0.717) is 11.7 Å². The SMILES string of the molecule is COc1cc(C)c(-c2cnn(C)c2N)cc1C(C)C. The lowest BCUT2D eigenvalue weighted by Gasteiger charge is -2.16. The lowest BCUT2D eigenvalue weighted by Crippen LogP contribution is -2.00. The summed E-state index contributed by atoms with van der Waals surface area (Å²) < 4.78 is 7.15. The van der Waals surface area contributed by atoms with Gasteiger partial charge in [-0.05, 0) is 41.7 Å². The maximum atomic E-state index is 6.07. The Labute approximate surface area is 114 Å². The van der Waals surface area contributed by atoms with Crippen LogP contribution in [-0.2, 0) is 7.05 Å². The number of aryl methyl sites for hydroxylation is 2. The van der Waals surface area contributed by atoms with E-state index in [-0.39, 0.29) is 0 Å². The first kappa shape index (κ1) is 13.5. The minimum Gasteiger partial charge on any atom is -0.496 e. The number of ether oxygens (including phenoxy) is 1. The highest BCUT2D eigenvalue weighted by Crippen LogP contribution is 2.36. The van der Waals surface area contributed by atoms with Gasteiger partial charge < -0.3 is 10.5 Å². The Morgan fingerprint density at radius 2 is 1.95 bits per heavy atom. The number of nitrogens with zero attached hydrogens (tertiary/aromatic N) is 2. The number of methoxy groups -OCH3 is 1. The average Bonchev–Trinajstić information content (AvgIpc) is 2.69. The summed E-state index contributed by atoms with van der Waals surface area (Å²) in [5, 5.41) is 4.21. The van der Waals surface area contributed by atoms with Crippen LogP contribution in [-0.4, -0.2) is 16.9 Å². The van der Waals surface area contributed by atoms with Crippen LogP contribution in [0.5, 0.6) is 5.75 Å². The Morgan fingerprint density at radius 3 is 2.42 bits per heavy atom. The van der Waals surface area contributed by atoms with Gasteiger partial charge in [0.15, 0.2) is 0 Å². The van der Waals surface area contributed by atoms with Gasteiger partial charge >= 0.3 is 0 Å². The number of aromatic nitrogens is 2. The third-order valence-corrected chi connectivity index (χ3v) is 3.47. The van der Waals surface area contributed by atoms with Gasteiger partial charge in [0.25, 0.3) is 0 Å². The summed E-state index contributed by atoms with van der Waals surface area (Å²) in [5.41, 5.74) is 10.5. The predicted octanol–water partition coefficient (Wildman–Crippen LogP) is 3.11. The van der Waals surface area contributed by atoms with E-state index in [1.807, 2.05) is 13.2 Å². The highest BCUT2D eigenvalue weighted by atomic mass is 16.5. The summed E-state index contributed by atoms with van der Waals surface area (Å²) in [5.74, 6) is 2.01. The number of anilines is 1. The van der Waals surface area contributed by atoms with Crippen molar-refractivity contribution in [1.29, 1.82) is 0 Å². The van der Waals surface area contributed by atoms with Crippen molar-refractivity contribution in [1.82, 2.24) is 9.78 Å². The van der Waals surface area contributed by atoms with Crippen LogP contribution in [0.4, 0.5) is 5.82 Å². The lowest BCUT2D eigenvalue weighted by atomic mass is 9.94. The van der Waals surface area contributed by atoms with Crippen molar-refractivity contribution in [2.75, 3.05) is 12.8 Å². The molecule has 0 bridgehead atoms. The molecule has 4 heteroatoms. The first-order valence-electron chi connectivity index (χ1n) is 6.42. The molecule has 0 radical (unpaired) electrons. The Balaban J connectivity index is 2.64. The van der Waals surface area contributed by atoms with Gasteiger partial charge in [0.2, 0.25) is 0 Å².